The second-order valence-electron chi connectivity index (χ2n) is 5.16. The number of hydrogen-bond donors (Lipinski definition) is 1. The molecule has 1 saturated heterocycles. The van der Waals surface area contributed by atoms with Gasteiger partial charge in [-0.25, -0.2) is 0 Å². The predicted octanol–water partition coefficient (Wildman–Crippen LogP) is 3.64. The molecule has 1 unspecified atom stereocenters. The Morgan fingerprint density at radius 2 is 2.39 bits per heavy atom. The number of halogens is 1. The van der Waals surface area contributed by atoms with Crippen LogP contribution in [0, 0.1) is 12.8 Å². The largest absolute Gasteiger partial charge is 0.316 e. The van der Waals surface area contributed by atoms with Gasteiger partial charge in [0.05, 0.1) is 0 Å². The summed E-state index contributed by atoms with van der Waals surface area (Å²) in [5.41, 5.74) is 0. The van der Waals surface area contributed by atoms with Crippen LogP contribution < -0.4 is 5.32 Å². The molecule has 0 aromatic carbocycles. The molecule has 1 N–H and O–H groups in total. The van der Waals surface area contributed by atoms with Crippen molar-refractivity contribution < 1.29 is 0 Å². The molecule has 18 heavy (non-hydrogen) atoms. The van der Waals surface area contributed by atoms with Gasteiger partial charge in [-0.3, -0.25) is 4.90 Å². The number of aryl methyl sites for hydroxylation is 1. The van der Waals surface area contributed by atoms with Crippen molar-refractivity contribution >= 4 is 27.3 Å². The molecule has 1 aromatic heterocycles. The molecule has 1 fully saturated rings. The second-order valence-corrected chi connectivity index (χ2v) is 7.35. The minimum atomic E-state index is 0.836. The fourth-order valence-corrected chi connectivity index (χ4v) is 4.21. The van der Waals surface area contributed by atoms with Crippen molar-refractivity contribution in [3.05, 3.63) is 20.3 Å². The van der Waals surface area contributed by atoms with Gasteiger partial charge in [-0.1, -0.05) is 6.92 Å². The quantitative estimate of drug-likeness (QED) is 0.886. The maximum absolute atomic E-state index is 3.61. The molecule has 0 radical (unpaired) electrons. The maximum Gasteiger partial charge on any atom is 0.0328 e. The van der Waals surface area contributed by atoms with Gasteiger partial charge >= 0.3 is 0 Å². The van der Waals surface area contributed by atoms with E-state index >= 15 is 0 Å². The van der Waals surface area contributed by atoms with Crippen LogP contribution in [-0.2, 0) is 6.54 Å². The molecule has 0 aliphatic carbocycles. The molecule has 2 rings (SSSR count). The van der Waals surface area contributed by atoms with Crippen molar-refractivity contribution in [3.8, 4) is 0 Å². The summed E-state index contributed by atoms with van der Waals surface area (Å²) in [4.78, 5) is 5.44. The van der Waals surface area contributed by atoms with Gasteiger partial charge in [-0.2, -0.15) is 0 Å². The van der Waals surface area contributed by atoms with E-state index in [9.17, 15) is 0 Å². The molecular formula is C14H23BrN2S. The second kappa shape index (κ2) is 7.04. The number of rotatable bonds is 5. The molecule has 2 heterocycles. The summed E-state index contributed by atoms with van der Waals surface area (Å²) >= 11 is 5.52. The SMILES string of the molecule is CCN(Cc1cc(Br)c(C)s1)CC1CCCNC1. The molecule has 4 heteroatoms. The van der Waals surface area contributed by atoms with Crippen LogP contribution in [0.5, 0.6) is 0 Å². The highest BCUT2D eigenvalue weighted by Gasteiger charge is 2.17. The third-order valence-electron chi connectivity index (χ3n) is 3.65. The minimum absolute atomic E-state index is 0.836. The highest BCUT2D eigenvalue weighted by Crippen LogP contribution is 2.27. The van der Waals surface area contributed by atoms with E-state index in [1.165, 1.54) is 46.7 Å². The fraction of sp³-hybridized carbons (Fsp3) is 0.714. The van der Waals surface area contributed by atoms with Gasteiger partial charge in [-0.05, 0) is 67.3 Å². The Labute approximate surface area is 123 Å². The van der Waals surface area contributed by atoms with Crippen molar-refractivity contribution in [2.75, 3.05) is 26.2 Å². The summed E-state index contributed by atoms with van der Waals surface area (Å²) in [6.45, 7) is 10.3. The molecule has 1 atom stereocenters. The number of piperidine rings is 1. The van der Waals surface area contributed by atoms with Gasteiger partial charge < -0.3 is 5.32 Å². The van der Waals surface area contributed by atoms with E-state index in [0.717, 1.165) is 19.0 Å². The summed E-state index contributed by atoms with van der Waals surface area (Å²) in [6, 6.07) is 2.28. The van der Waals surface area contributed by atoms with Crippen molar-refractivity contribution in [2.24, 2.45) is 5.92 Å². The first-order valence-corrected chi connectivity index (χ1v) is 8.48. The van der Waals surface area contributed by atoms with Crippen LogP contribution >= 0.6 is 27.3 Å². The van der Waals surface area contributed by atoms with Crippen LogP contribution in [0.1, 0.15) is 29.5 Å². The van der Waals surface area contributed by atoms with E-state index in [1.807, 2.05) is 11.3 Å². The van der Waals surface area contributed by atoms with Crippen molar-refractivity contribution in [1.82, 2.24) is 10.2 Å². The molecule has 1 aromatic rings. The molecule has 0 amide bonds. The van der Waals surface area contributed by atoms with Crippen LogP contribution in [0.15, 0.2) is 10.5 Å². The summed E-state index contributed by atoms with van der Waals surface area (Å²) in [5, 5.41) is 3.51. The lowest BCUT2D eigenvalue weighted by Gasteiger charge is -2.29. The Kier molecular flexibility index (Phi) is 5.67. The zero-order valence-electron chi connectivity index (χ0n) is 11.3. The normalized spacial score (nSPS) is 20.6. The average Bonchev–Trinajstić information content (AvgIpc) is 2.69. The number of hydrogen-bond acceptors (Lipinski definition) is 3. The van der Waals surface area contributed by atoms with E-state index in [1.54, 1.807) is 0 Å². The Hall–Kier alpha value is 0.1000. The van der Waals surface area contributed by atoms with Crippen molar-refractivity contribution in [2.45, 2.75) is 33.2 Å². The van der Waals surface area contributed by atoms with Crippen molar-refractivity contribution in [1.29, 1.82) is 0 Å². The topological polar surface area (TPSA) is 15.3 Å². The summed E-state index contributed by atoms with van der Waals surface area (Å²) in [7, 11) is 0. The van der Waals surface area contributed by atoms with Crippen LogP contribution in [0.2, 0.25) is 0 Å². The van der Waals surface area contributed by atoms with Gasteiger partial charge in [0.25, 0.3) is 0 Å². The third-order valence-corrected chi connectivity index (χ3v) is 5.77. The summed E-state index contributed by atoms with van der Waals surface area (Å²) in [5.74, 6) is 0.836. The van der Waals surface area contributed by atoms with Crippen LogP contribution in [0.4, 0.5) is 0 Å². The molecule has 1 aliphatic heterocycles. The van der Waals surface area contributed by atoms with Gasteiger partial charge in [0.15, 0.2) is 0 Å². The first-order valence-electron chi connectivity index (χ1n) is 6.87. The van der Waals surface area contributed by atoms with E-state index in [0.29, 0.717) is 0 Å². The average molecular weight is 331 g/mol. The van der Waals surface area contributed by atoms with Gasteiger partial charge in [0.1, 0.15) is 0 Å². The Bertz CT molecular complexity index is 352. The number of thiophene rings is 1. The van der Waals surface area contributed by atoms with E-state index in [4.69, 9.17) is 0 Å². The molecule has 1 aliphatic rings. The first kappa shape index (κ1) is 14.5. The zero-order valence-corrected chi connectivity index (χ0v) is 13.7. The molecule has 0 saturated carbocycles. The highest BCUT2D eigenvalue weighted by molar-refractivity contribution is 9.10. The summed E-state index contributed by atoms with van der Waals surface area (Å²) in [6.07, 6.45) is 2.72. The standard InChI is InChI=1S/C14H23BrN2S/c1-3-17(9-12-5-4-6-16-8-12)10-13-7-14(15)11(2)18-13/h7,12,16H,3-6,8-10H2,1-2H3. The lowest BCUT2D eigenvalue weighted by atomic mass is 9.99. The maximum atomic E-state index is 3.61. The number of nitrogens with zero attached hydrogens (tertiary/aromatic N) is 1. The fourth-order valence-electron chi connectivity index (χ4n) is 2.57. The monoisotopic (exact) mass is 330 g/mol. The molecule has 0 spiro atoms. The molecule has 2 nitrogen and oxygen atoms in total. The lowest BCUT2D eigenvalue weighted by Crippen LogP contribution is -2.37. The predicted molar refractivity (Wildman–Crippen MR) is 83.3 cm³/mol. The van der Waals surface area contributed by atoms with E-state index in [-0.39, 0.29) is 0 Å². The smallest absolute Gasteiger partial charge is 0.0328 e. The molecule has 0 bridgehead atoms. The van der Waals surface area contributed by atoms with Crippen LogP contribution in [0.3, 0.4) is 0 Å². The van der Waals surface area contributed by atoms with E-state index in [2.05, 4.69) is 46.1 Å². The Balaban J connectivity index is 1.88. The number of nitrogens with one attached hydrogen (secondary N) is 1. The summed E-state index contributed by atoms with van der Waals surface area (Å²) < 4.78 is 1.26. The van der Waals surface area contributed by atoms with Gasteiger partial charge in [0.2, 0.25) is 0 Å². The lowest BCUT2D eigenvalue weighted by molar-refractivity contribution is 0.211. The van der Waals surface area contributed by atoms with Gasteiger partial charge in [0, 0.05) is 27.3 Å². The minimum Gasteiger partial charge on any atom is -0.316 e. The molecule has 102 valence electrons. The Morgan fingerprint density at radius 3 is 2.94 bits per heavy atom. The van der Waals surface area contributed by atoms with Crippen LogP contribution in [-0.4, -0.2) is 31.1 Å². The first-order chi connectivity index (χ1) is 8.69. The van der Waals surface area contributed by atoms with Crippen LogP contribution in [0.25, 0.3) is 0 Å². The molecular weight excluding hydrogens is 308 g/mol. The third kappa shape index (κ3) is 4.05. The van der Waals surface area contributed by atoms with E-state index < -0.39 is 0 Å². The highest BCUT2D eigenvalue weighted by atomic mass is 79.9. The van der Waals surface area contributed by atoms with Crippen molar-refractivity contribution in [3.63, 3.8) is 0 Å². The van der Waals surface area contributed by atoms with Gasteiger partial charge in [-0.15, -0.1) is 11.3 Å². The Morgan fingerprint density at radius 1 is 1.56 bits per heavy atom. The zero-order chi connectivity index (χ0) is 13.0.